The number of likely N-dealkylation sites (tertiary alicyclic amines) is 1. The Morgan fingerprint density at radius 3 is 2.50 bits per heavy atom. The Hall–Kier alpha value is -3.35. The quantitative estimate of drug-likeness (QED) is 0.721. The Morgan fingerprint density at radius 1 is 1.03 bits per heavy atom. The molecule has 7 heteroatoms. The van der Waals surface area contributed by atoms with E-state index in [1.165, 1.54) is 0 Å². The molecule has 1 aromatic heterocycles. The van der Waals surface area contributed by atoms with Gasteiger partial charge in [-0.15, -0.1) is 0 Å². The fourth-order valence-electron chi connectivity index (χ4n) is 4.16. The Labute approximate surface area is 173 Å². The Bertz CT molecular complexity index is 1160. The molecule has 156 valence electrons. The second-order valence-corrected chi connectivity index (χ2v) is 7.60. The van der Waals surface area contributed by atoms with Crippen molar-refractivity contribution in [1.29, 1.82) is 0 Å². The molecule has 0 unspecified atom stereocenters. The van der Waals surface area contributed by atoms with Crippen LogP contribution in [0.25, 0.3) is 10.8 Å². The maximum Gasteiger partial charge on any atom is 0.273 e. The highest BCUT2D eigenvalue weighted by Gasteiger charge is 2.27. The van der Waals surface area contributed by atoms with E-state index in [1.54, 1.807) is 31.4 Å². The van der Waals surface area contributed by atoms with Crippen LogP contribution < -0.4 is 15.9 Å². The summed E-state index contributed by atoms with van der Waals surface area (Å²) in [5, 5.41) is 3.21. The van der Waals surface area contributed by atoms with Gasteiger partial charge in [0.1, 0.15) is 12.3 Å². The van der Waals surface area contributed by atoms with Crippen molar-refractivity contribution < 1.29 is 9.53 Å². The highest BCUT2D eigenvalue weighted by atomic mass is 16.5. The van der Waals surface area contributed by atoms with Crippen LogP contribution in [0.2, 0.25) is 0 Å². The lowest BCUT2D eigenvalue weighted by Gasteiger charge is -2.31. The monoisotopic (exact) mass is 407 g/mol. The van der Waals surface area contributed by atoms with Gasteiger partial charge in [-0.2, -0.15) is 0 Å². The smallest absolute Gasteiger partial charge is 0.273 e. The van der Waals surface area contributed by atoms with Crippen LogP contribution in [0.1, 0.15) is 37.3 Å². The summed E-state index contributed by atoms with van der Waals surface area (Å²) < 4.78 is 6.37. The summed E-state index contributed by atoms with van der Waals surface area (Å²) in [7, 11) is 1.62. The number of benzene rings is 2. The van der Waals surface area contributed by atoms with Crippen LogP contribution in [-0.4, -0.2) is 34.2 Å². The molecule has 7 nitrogen and oxygen atoms in total. The van der Waals surface area contributed by atoms with E-state index in [2.05, 4.69) is 5.10 Å². The average Bonchev–Trinajstić information content (AvgIpc) is 3.03. The number of rotatable bonds is 4. The molecule has 1 N–H and O–H groups in total. The zero-order chi connectivity index (χ0) is 21.1. The predicted octanol–water partition coefficient (Wildman–Crippen LogP) is 2.84. The number of carbonyl (C=O) groups is 1. The number of hydrogen-bond donors (Lipinski definition) is 1. The van der Waals surface area contributed by atoms with Gasteiger partial charge in [0.05, 0.1) is 23.9 Å². The number of nitrogens with zero attached hydrogens (tertiary/aromatic N) is 2. The highest BCUT2D eigenvalue weighted by Crippen LogP contribution is 2.31. The minimum absolute atomic E-state index is 0.0613. The van der Waals surface area contributed by atoms with Crippen molar-refractivity contribution in [2.45, 2.75) is 38.3 Å². The van der Waals surface area contributed by atoms with Crippen LogP contribution in [0.15, 0.2) is 58.1 Å². The van der Waals surface area contributed by atoms with Crippen molar-refractivity contribution in [2.75, 3.05) is 13.7 Å². The van der Waals surface area contributed by atoms with Gasteiger partial charge >= 0.3 is 0 Å². The standard InChI is InChI=1S/C23H25N3O4/c1-30-17-12-10-16(11-13-17)20-9-3-2-6-14-25(20)21(27)15-26-23(29)19-8-5-4-7-18(19)22(28)24-26/h4-5,7-8,10-13,20H,2-3,6,9,14-15H2,1H3,(H,24,28)/t20-/m0/s1. The van der Waals surface area contributed by atoms with Gasteiger partial charge in [0.15, 0.2) is 0 Å². The molecule has 1 saturated heterocycles. The lowest BCUT2D eigenvalue weighted by atomic mass is 10.0. The van der Waals surface area contributed by atoms with Crippen molar-refractivity contribution in [3.05, 3.63) is 74.8 Å². The molecule has 1 aliphatic heterocycles. The molecule has 0 spiro atoms. The summed E-state index contributed by atoms with van der Waals surface area (Å²) in [6.45, 7) is 0.438. The van der Waals surface area contributed by atoms with E-state index in [4.69, 9.17) is 4.74 Å². The van der Waals surface area contributed by atoms with Crippen LogP contribution in [0.3, 0.4) is 0 Å². The number of ether oxygens (including phenoxy) is 1. The minimum atomic E-state index is -0.374. The number of amides is 1. The number of aromatic amines is 1. The molecular formula is C23H25N3O4. The van der Waals surface area contributed by atoms with Crippen molar-refractivity contribution in [2.24, 2.45) is 0 Å². The summed E-state index contributed by atoms with van der Waals surface area (Å²) in [5.74, 6) is 0.594. The van der Waals surface area contributed by atoms with E-state index in [9.17, 15) is 14.4 Å². The van der Waals surface area contributed by atoms with Gasteiger partial charge in [0, 0.05) is 6.54 Å². The predicted molar refractivity (Wildman–Crippen MR) is 115 cm³/mol. The molecule has 4 rings (SSSR count). The summed E-state index contributed by atoms with van der Waals surface area (Å²) in [6, 6.07) is 14.3. The van der Waals surface area contributed by atoms with Gasteiger partial charge < -0.3 is 9.64 Å². The lowest BCUT2D eigenvalue weighted by Crippen LogP contribution is -2.41. The molecule has 1 amide bonds. The topological polar surface area (TPSA) is 84.4 Å². The van der Waals surface area contributed by atoms with Gasteiger partial charge in [0.25, 0.3) is 11.1 Å². The van der Waals surface area contributed by atoms with E-state index in [0.29, 0.717) is 17.3 Å². The molecule has 2 aromatic carbocycles. The third kappa shape index (κ3) is 3.87. The van der Waals surface area contributed by atoms with E-state index in [1.807, 2.05) is 29.2 Å². The molecule has 2 heterocycles. The van der Waals surface area contributed by atoms with Crippen LogP contribution in [0.4, 0.5) is 0 Å². The maximum absolute atomic E-state index is 13.2. The van der Waals surface area contributed by atoms with E-state index >= 15 is 0 Å². The minimum Gasteiger partial charge on any atom is -0.497 e. The van der Waals surface area contributed by atoms with E-state index in [-0.39, 0.29) is 29.6 Å². The van der Waals surface area contributed by atoms with Gasteiger partial charge in [-0.3, -0.25) is 19.5 Å². The maximum atomic E-state index is 13.2. The van der Waals surface area contributed by atoms with E-state index in [0.717, 1.165) is 41.7 Å². The fraction of sp³-hybridized carbons (Fsp3) is 0.348. The molecule has 1 fully saturated rings. The number of aromatic nitrogens is 2. The average molecular weight is 407 g/mol. The number of hydrogen-bond acceptors (Lipinski definition) is 4. The Morgan fingerprint density at radius 2 is 1.77 bits per heavy atom. The third-order valence-electron chi connectivity index (χ3n) is 5.75. The number of methoxy groups -OCH3 is 1. The second-order valence-electron chi connectivity index (χ2n) is 7.60. The van der Waals surface area contributed by atoms with Gasteiger partial charge in [0.2, 0.25) is 5.91 Å². The number of H-pyrrole nitrogens is 1. The molecule has 3 aromatic rings. The van der Waals surface area contributed by atoms with Crippen LogP contribution >= 0.6 is 0 Å². The van der Waals surface area contributed by atoms with Crippen LogP contribution in [0.5, 0.6) is 5.75 Å². The van der Waals surface area contributed by atoms with Crippen molar-refractivity contribution in [3.63, 3.8) is 0 Å². The summed E-state index contributed by atoms with van der Waals surface area (Å²) in [6.07, 6.45) is 3.87. The Kier molecular flexibility index (Phi) is 5.70. The summed E-state index contributed by atoms with van der Waals surface area (Å²) in [5.41, 5.74) is 0.306. The second kappa shape index (κ2) is 8.57. The summed E-state index contributed by atoms with van der Waals surface area (Å²) >= 11 is 0. The summed E-state index contributed by atoms with van der Waals surface area (Å²) in [4.78, 5) is 40.2. The molecule has 0 bridgehead atoms. The van der Waals surface area contributed by atoms with Crippen molar-refractivity contribution in [3.8, 4) is 5.75 Å². The molecule has 0 saturated carbocycles. The molecule has 1 atom stereocenters. The highest BCUT2D eigenvalue weighted by molar-refractivity contribution is 5.81. The first-order valence-corrected chi connectivity index (χ1v) is 10.2. The lowest BCUT2D eigenvalue weighted by molar-refractivity contribution is -0.134. The largest absolute Gasteiger partial charge is 0.497 e. The first kappa shape index (κ1) is 19.9. The molecule has 0 radical (unpaired) electrons. The first-order valence-electron chi connectivity index (χ1n) is 10.2. The number of nitrogens with one attached hydrogen (secondary N) is 1. The van der Waals surface area contributed by atoms with Crippen molar-refractivity contribution >= 4 is 16.7 Å². The van der Waals surface area contributed by atoms with Crippen LogP contribution in [-0.2, 0) is 11.3 Å². The molecule has 1 aliphatic rings. The molecule has 30 heavy (non-hydrogen) atoms. The third-order valence-corrected chi connectivity index (χ3v) is 5.75. The number of fused-ring (bicyclic) bond motifs is 1. The first-order chi connectivity index (χ1) is 14.6. The fourth-order valence-corrected chi connectivity index (χ4v) is 4.16. The van der Waals surface area contributed by atoms with Crippen LogP contribution in [0, 0.1) is 0 Å². The zero-order valence-corrected chi connectivity index (χ0v) is 17.0. The Balaban J connectivity index is 1.65. The van der Waals surface area contributed by atoms with Gasteiger partial charge in [-0.1, -0.05) is 37.1 Å². The zero-order valence-electron chi connectivity index (χ0n) is 17.0. The van der Waals surface area contributed by atoms with Crippen molar-refractivity contribution in [1.82, 2.24) is 14.7 Å². The SMILES string of the molecule is COc1ccc([C@@H]2CCCCCN2C(=O)Cn2[nH]c(=O)c3ccccc3c2=O)cc1. The van der Waals surface area contributed by atoms with Gasteiger partial charge in [-0.05, 0) is 42.7 Å². The normalized spacial score (nSPS) is 17.0. The molecular weight excluding hydrogens is 382 g/mol. The molecule has 0 aliphatic carbocycles. The van der Waals surface area contributed by atoms with Gasteiger partial charge in [-0.25, -0.2) is 4.68 Å². The van der Waals surface area contributed by atoms with E-state index < -0.39 is 0 Å². The number of carbonyl (C=O) groups excluding carboxylic acids is 1.